The van der Waals surface area contributed by atoms with Crippen LogP contribution in [0.4, 0.5) is 14.9 Å². The van der Waals surface area contributed by atoms with Crippen molar-refractivity contribution < 1.29 is 28.2 Å². The van der Waals surface area contributed by atoms with E-state index in [1.165, 1.54) is 24.3 Å². The van der Waals surface area contributed by atoms with Gasteiger partial charge in [-0.25, -0.2) is 14.1 Å². The van der Waals surface area contributed by atoms with Crippen LogP contribution in [0.25, 0.3) is 16.8 Å². The van der Waals surface area contributed by atoms with E-state index in [0.717, 1.165) is 33.4 Å². The summed E-state index contributed by atoms with van der Waals surface area (Å²) in [4.78, 5) is 38.9. The number of carbonyl (C=O) groups excluding carboxylic acids is 3. The summed E-state index contributed by atoms with van der Waals surface area (Å²) in [7, 11) is 0. The minimum absolute atomic E-state index is 0.114. The summed E-state index contributed by atoms with van der Waals surface area (Å²) >= 11 is 6.56. The highest BCUT2D eigenvalue weighted by molar-refractivity contribution is 6.39. The number of fused-ring (bicyclic) bond motifs is 1. The Morgan fingerprint density at radius 2 is 1.67 bits per heavy atom. The number of barbiturate groups is 1. The molecule has 0 unspecified atom stereocenters. The minimum atomic E-state index is -0.931. The van der Waals surface area contributed by atoms with Crippen LogP contribution in [0.15, 0.2) is 84.4 Å². The average molecular weight is 545 g/mol. The Morgan fingerprint density at radius 3 is 2.41 bits per heavy atom. The molecule has 0 saturated carbocycles. The predicted molar refractivity (Wildman–Crippen MR) is 146 cm³/mol. The zero-order valence-electron chi connectivity index (χ0n) is 20.7. The Kier molecular flexibility index (Phi) is 7.29. The Morgan fingerprint density at radius 1 is 0.923 bits per heavy atom. The fourth-order valence-corrected chi connectivity index (χ4v) is 4.48. The summed E-state index contributed by atoms with van der Waals surface area (Å²) in [5, 5.41) is 4.55. The number of nitrogens with zero attached hydrogens (tertiary/aromatic N) is 1. The average Bonchev–Trinajstić information content (AvgIpc) is 2.91. The number of hydrogen-bond donors (Lipinski definition) is 1. The van der Waals surface area contributed by atoms with E-state index < -0.39 is 23.7 Å². The van der Waals surface area contributed by atoms with Gasteiger partial charge in [-0.3, -0.25) is 14.9 Å². The lowest BCUT2D eigenvalue weighted by molar-refractivity contribution is -0.122. The number of hydrogen-bond acceptors (Lipinski definition) is 5. The number of urea groups is 1. The highest BCUT2D eigenvalue weighted by Crippen LogP contribution is 2.38. The van der Waals surface area contributed by atoms with Gasteiger partial charge in [0.15, 0.2) is 11.5 Å². The Balaban J connectivity index is 1.43. The van der Waals surface area contributed by atoms with E-state index in [2.05, 4.69) is 5.32 Å². The summed E-state index contributed by atoms with van der Waals surface area (Å²) in [6, 6.07) is 21.0. The van der Waals surface area contributed by atoms with Gasteiger partial charge in [-0.2, -0.15) is 0 Å². The smallest absolute Gasteiger partial charge is 0.335 e. The summed E-state index contributed by atoms with van der Waals surface area (Å²) < 4.78 is 25.1. The number of ether oxygens (including phenoxy) is 2. The van der Waals surface area contributed by atoms with E-state index in [4.69, 9.17) is 21.1 Å². The summed E-state index contributed by atoms with van der Waals surface area (Å²) in [6.07, 6.45) is 1.31. The topological polar surface area (TPSA) is 84.9 Å². The molecule has 196 valence electrons. The predicted octanol–water partition coefficient (Wildman–Crippen LogP) is 6.28. The van der Waals surface area contributed by atoms with Crippen molar-refractivity contribution in [1.82, 2.24) is 5.32 Å². The maximum Gasteiger partial charge on any atom is 0.335 e. The number of anilines is 1. The monoisotopic (exact) mass is 544 g/mol. The Bertz CT molecular complexity index is 1630. The van der Waals surface area contributed by atoms with Crippen LogP contribution < -0.4 is 19.7 Å². The fraction of sp³-hybridized carbons (Fsp3) is 0.100. The van der Waals surface area contributed by atoms with Crippen molar-refractivity contribution in [3.8, 4) is 11.5 Å². The van der Waals surface area contributed by atoms with Gasteiger partial charge in [0.25, 0.3) is 11.8 Å². The van der Waals surface area contributed by atoms with Crippen molar-refractivity contribution in [1.29, 1.82) is 0 Å². The van der Waals surface area contributed by atoms with Gasteiger partial charge in [0, 0.05) is 0 Å². The maximum atomic E-state index is 13.4. The molecule has 4 aromatic carbocycles. The van der Waals surface area contributed by atoms with Crippen molar-refractivity contribution in [2.45, 2.75) is 13.5 Å². The second-order valence-electron chi connectivity index (χ2n) is 8.67. The van der Waals surface area contributed by atoms with Crippen LogP contribution in [-0.4, -0.2) is 24.5 Å². The molecule has 0 aliphatic carbocycles. The van der Waals surface area contributed by atoms with Crippen LogP contribution in [0.2, 0.25) is 5.02 Å². The van der Waals surface area contributed by atoms with E-state index >= 15 is 0 Å². The molecule has 9 heteroatoms. The van der Waals surface area contributed by atoms with Crippen LogP contribution in [0, 0.1) is 5.82 Å². The highest BCUT2D eigenvalue weighted by Gasteiger charge is 2.37. The van der Waals surface area contributed by atoms with E-state index in [-0.39, 0.29) is 22.9 Å². The van der Waals surface area contributed by atoms with Gasteiger partial charge in [0.1, 0.15) is 18.0 Å². The summed E-state index contributed by atoms with van der Waals surface area (Å²) in [5.74, 6) is -1.62. The third kappa shape index (κ3) is 5.46. The standard InChI is InChI=1S/C30H22ClFN2O5/c1-2-38-26-16-19(14-24-28(35)33-30(37)34(29(24)36)23-11-9-22(32)10-12-23)15-25(31)27(26)39-17-18-7-8-20-5-3-4-6-21(20)13-18/h3-16H,2,17H2,1H3,(H,33,35,37)/b24-14+. The van der Waals surface area contributed by atoms with Gasteiger partial charge in [0.05, 0.1) is 17.3 Å². The molecule has 5 rings (SSSR count). The molecule has 1 aliphatic heterocycles. The number of carbonyl (C=O) groups is 3. The number of nitrogens with one attached hydrogen (secondary N) is 1. The first-order valence-corrected chi connectivity index (χ1v) is 12.5. The molecule has 7 nitrogen and oxygen atoms in total. The lowest BCUT2D eigenvalue weighted by atomic mass is 10.1. The van der Waals surface area contributed by atoms with Crippen molar-refractivity contribution in [3.05, 3.63) is 106 Å². The van der Waals surface area contributed by atoms with Crippen LogP contribution in [0.1, 0.15) is 18.1 Å². The number of benzene rings is 4. The molecule has 1 saturated heterocycles. The quantitative estimate of drug-likeness (QED) is 0.219. The van der Waals surface area contributed by atoms with Gasteiger partial charge in [0.2, 0.25) is 0 Å². The molecule has 0 radical (unpaired) electrons. The van der Waals surface area contributed by atoms with Gasteiger partial charge in [-0.05, 0) is 77.4 Å². The molecular weight excluding hydrogens is 523 g/mol. The van der Waals surface area contributed by atoms with Gasteiger partial charge in [-0.15, -0.1) is 0 Å². The zero-order chi connectivity index (χ0) is 27.5. The van der Waals surface area contributed by atoms with Crippen molar-refractivity contribution in [2.24, 2.45) is 0 Å². The molecule has 1 fully saturated rings. The van der Waals surface area contributed by atoms with Crippen molar-refractivity contribution >= 4 is 52.0 Å². The molecule has 4 amide bonds. The Labute approximate surface area is 228 Å². The molecular formula is C30H22ClFN2O5. The van der Waals surface area contributed by atoms with Gasteiger partial charge >= 0.3 is 6.03 Å². The third-order valence-electron chi connectivity index (χ3n) is 6.03. The largest absolute Gasteiger partial charge is 0.490 e. The Hall–Kier alpha value is -4.69. The molecule has 0 bridgehead atoms. The van der Waals surface area contributed by atoms with Crippen molar-refractivity contribution in [2.75, 3.05) is 11.5 Å². The number of amides is 4. The molecule has 1 aliphatic rings. The van der Waals surface area contributed by atoms with Gasteiger partial charge < -0.3 is 9.47 Å². The summed E-state index contributed by atoms with van der Waals surface area (Å²) in [6.45, 7) is 2.35. The van der Waals surface area contributed by atoms with Gasteiger partial charge in [-0.1, -0.05) is 48.0 Å². The first-order valence-electron chi connectivity index (χ1n) is 12.1. The molecule has 39 heavy (non-hydrogen) atoms. The first-order chi connectivity index (χ1) is 18.8. The molecule has 4 aromatic rings. The number of imide groups is 2. The molecule has 0 atom stereocenters. The second kappa shape index (κ2) is 11.0. The van der Waals surface area contributed by atoms with Crippen LogP contribution in [0.5, 0.6) is 11.5 Å². The van der Waals surface area contributed by atoms with Crippen LogP contribution in [-0.2, 0) is 16.2 Å². The lowest BCUT2D eigenvalue weighted by Crippen LogP contribution is -2.54. The van der Waals surface area contributed by atoms with E-state index in [9.17, 15) is 18.8 Å². The SMILES string of the molecule is CCOc1cc(/C=C2\C(=O)NC(=O)N(c3ccc(F)cc3)C2=O)cc(Cl)c1OCc1ccc2ccccc2c1. The molecule has 0 spiro atoms. The second-order valence-corrected chi connectivity index (χ2v) is 9.07. The normalized spacial score (nSPS) is 14.6. The molecule has 0 aromatic heterocycles. The fourth-order valence-electron chi connectivity index (χ4n) is 4.21. The van der Waals surface area contributed by atoms with E-state index in [0.29, 0.717) is 23.7 Å². The zero-order valence-corrected chi connectivity index (χ0v) is 21.5. The van der Waals surface area contributed by atoms with Crippen LogP contribution >= 0.6 is 11.6 Å². The third-order valence-corrected chi connectivity index (χ3v) is 6.31. The minimum Gasteiger partial charge on any atom is -0.490 e. The maximum absolute atomic E-state index is 13.4. The molecule has 1 heterocycles. The van der Waals surface area contributed by atoms with E-state index in [1.807, 2.05) is 42.5 Å². The lowest BCUT2D eigenvalue weighted by Gasteiger charge is -2.26. The van der Waals surface area contributed by atoms with Crippen molar-refractivity contribution in [3.63, 3.8) is 0 Å². The summed E-state index contributed by atoms with van der Waals surface area (Å²) in [5.41, 5.74) is 1.13. The number of halogens is 2. The number of rotatable bonds is 7. The first kappa shape index (κ1) is 25.9. The van der Waals surface area contributed by atoms with Crippen LogP contribution in [0.3, 0.4) is 0 Å². The highest BCUT2D eigenvalue weighted by atomic mass is 35.5. The van der Waals surface area contributed by atoms with E-state index in [1.54, 1.807) is 13.0 Å². The molecule has 1 N–H and O–H groups in total.